The summed E-state index contributed by atoms with van der Waals surface area (Å²) in [6, 6.07) is 9.32. The fourth-order valence-corrected chi connectivity index (χ4v) is 2.71. The maximum atomic E-state index is 13.3. The number of benzene rings is 1. The molecule has 1 aromatic carbocycles. The highest BCUT2D eigenvalue weighted by atomic mass is 19.1. The van der Waals surface area contributed by atoms with Crippen molar-refractivity contribution in [1.82, 2.24) is 14.5 Å². The molecule has 0 atom stereocenters. The van der Waals surface area contributed by atoms with Gasteiger partial charge in [0.15, 0.2) is 11.6 Å². The number of hydrogen-bond donors (Lipinski definition) is 1. The second-order valence-electron chi connectivity index (χ2n) is 5.27. The number of hydrogen-bond acceptors (Lipinski definition) is 3. The van der Waals surface area contributed by atoms with Crippen LogP contribution in [0.25, 0.3) is 21.9 Å². The zero-order valence-electron chi connectivity index (χ0n) is 12.2. The van der Waals surface area contributed by atoms with E-state index in [-0.39, 0.29) is 0 Å². The van der Waals surface area contributed by atoms with Crippen molar-refractivity contribution in [2.45, 2.75) is 0 Å². The SMILES string of the molecule is Cn1c2ccncc2c2ccc(Nc3ccc(F)c([18F])c3)nc21. The lowest BCUT2D eigenvalue weighted by molar-refractivity contribution is 0.509. The summed E-state index contributed by atoms with van der Waals surface area (Å²) < 4.78 is 28.3. The van der Waals surface area contributed by atoms with Crippen LogP contribution in [0.2, 0.25) is 0 Å². The zero-order chi connectivity index (χ0) is 16.0. The lowest BCUT2D eigenvalue weighted by Crippen LogP contribution is -1.97. The molecule has 0 amide bonds. The molecule has 0 radical (unpaired) electrons. The Hall–Kier alpha value is -3.02. The summed E-state index contributed by atoms with van der Waals surface area (Å²) in [5.41, 5.74) is 2.27. The van der Waals surface area contributed by atoms with E-state index in [2.05, 4.69) is 15.3 Å². The first kappa shape index (κ1) is 13.6. The number of halogens is 2. The molecular weight excluding hydrogens is 297 g/mol. The van der Waals surface area contributed by atoms with Gasteiger partial charge >= 0.3 is 0 Å². The molecule has 0 aliphatic carbocycles. The van der Waals surface area contributed by atoms with Crippen molar-refractivity contribution in [2.24, 2.45) is 7.05 Å². The summed E-state index contributed by atoms with van der Waals surface area (Å²) in [5, 5.41) is 5.01. The summed E-state index contributed by atoms with van der Waals surface area (Å²) in [6.07, 6.45) is 3.55. The van der Waals surface area contributed by atoms with Crippen molar-refractivity contribution in [3.8, 4) is 0 Å². The fraction of sp³-hybridized carbons (Fsp3) is 0.0588. The second kappa shape index (κ2) is 5.01. The number of pyridine rings is 2. The number of aryl methyl sites for hydroxylation is 1. The zero-order valence-corrected chi connectivity index (χ0v) is 12.2. The van der Waals surface area contributed by atoms with Crippen LogP contribution in [-0.4, -0.2) is 14.5 Å². The summed E-state index contributed by atoms with van der Waals surface area (Å²) in [6.45, 7) is 0. The van der Waals surface area contributed by atoms with Gasteiger partial charge in [0.2, 0.25) is 0 Å². The normalized spacial score (nSPS) is 11.3. The highest BCUT2D eigenvalue weighted by Crippen LogP contribution is 2.28. The minimum Gasteiger partial charge on any atom is -0.340 e. The number of nitrogens with zero attached hydrogens (tertiary/aromatic N) is 3. The first-order valence-electron chi connectivity index (χ1n) is 7.05. The number of nitrogens with one attached hydrogen (secondary N) is 1. The first-order valence-corrected chi connectivity index (χ1v) is 7.05. The Morgan fingerprint density at radius 3 is 2.70 bits per heavy atom. The summed E-state index contributed by atoms with van der Waals surface area (Å²) in [5.74, 6) is -1.21. The molecule has 0 bridgehead atoms. The van der Waals surface area contributed by atoms with E-state index in [1.807, 2.05) is 29.9 Å². The smallest absolute Gasteiger partial charge is 0.160 e. The van der Waals surface area contributed by atoms with Crippen LogP contribution in [0, 0.1) is 11.6 Å². The van der Waals surface area contributed by atoms with Crippen LogP contribution in [0.1, 0.15) is 0 Å². The predicted octanol–water partition coefficient (Wildman–Crippen LogP) is 4.14. The van der Waals surface area contributed by atoms with E-state index < -0.39 is 11.6 Å². The van der Waals surface area contributed by atoms with E-state index in [1.54, 1.807) is 12.3 Å². The molecule has 0 aliphatic rings. The van der Waals surface area contributed by atoms with Crippen molar-refractivity contribution in [3.05, 3.63) is 60.4 Å². The molecule has 4 rings (SSSR count). The maximum absolute atomic E-state index is 13.3. The molecular formula is C17H12F2N4. The third-order valence-electron chi connectivity index (χ3n) is 3.83. The predicted molar refractivity (Wildman–Crippen MR) is 85.7 cm³/mol. The van der Waals surface area contributed by atoms with Gasteiger partial charge in [0.1, 0.15) is 11.5 Å². The van der Waals surface area contributed by atoms with Crippen molar-refractivity contribution >= 4 is 33.4 Å². The van der Waals surface area contributed by atoms with Gasteiger partial charge in [-0.25, -0.2) is 13.8 Å². The molecule has 0 saturated carbocycles. The van der Waals surface area contributed by atoms with Gasteiger partial charge in [-0.1, -0.05) is 0 Å². The quantitative estimate of drug-likeness (QED) is 0.605. The Labute approximate surface area is 130 Å². The Morgan fingerprint density at radius 1 is 1.00 bits per heavy atom. The van der Waals surface area contributed by atoms with E-state index >= 15 is 0 Å². The van der Waals surface area contributed by atoms with Crippen molar-refractivity contribution in [3.63, 3.8) is 0 Å². The molecule has 4 aromatic rings. The molecule has 3 aromatic heterocycles. The van der Waals surface area contributed by atoms with Crippen LogP contribution in [-0.2, 0) is 7.05 Å². The molecule has 3 heterocycles. The molecule has 23 heavy (non-hydrogen) atoms. The highest BCUT2D eigenvalue weighted by Gasteiger charge is 2.10. The molecule has 0 aliphatic heterocycles. The topological polar surface area (TPSA) is 42.7 Å². The molecule has 0 fully saturated rings. The van der Waals surface area contributed by atoms with Gasteiger partial charge < -0.3 is 9.88 Å². The average Bonchev–Trinajstić information content (AvgIpc) is 2.84. The van der Waals surface area contributed by atoms with Crippen LogP contribution < -0.4 is 5.32 Å². The van der Waals surface area contributed by atoms with Crippen LogP contribution in [0.4, 0.5) is 20.3 Å². The summed E-state index contributed by atoms with van der Waals surface area (Å²) in [4.78, 5) is 8.72. The van der Waals surface area contributed by atoms with Crippen LogP contribution in [0.15, 0.2) is 48.8 Å². The van der Waals surface area contributed by atoms with E-state index in [0.29, 0.717) is 11.5 Å². The van der Waals surface area contributed by atoms with E-state index in [1.165, 1.54) is 6.07 Å². The number of anilines is 2. The average molecular weight is 309 g/mol. The maximum Gasteiger partial charge on any atom is 0.160 e. The van der Waals surface area contributed by atoms with Crippen molar-refractivity contribution in [2.75, 3.05) is 5.32 Å². The van der Waals surface area contributed by atoms with Crippen LogP contribution in [0.3, 0.4) is 0 Å². The van der Waals surface area contributed by atoms with Gasteiger partial charge in [0.25, 0.3) is 0 Å². The molecule has 6 heteroatoms. The Morgan fingerprint density at radius 2 is 1.87 bits per heavy atom. The summed E-state index contributed by atoms with van der Waals surface area (Å²) >= 11 is 0. The van der Waals surface area contributed by atoms with Gasteiger partial charge in [-0.2, -0.15) is 0 Å². The third-order valence-corrected chi connectivity index (χ3v) is 3.83. The van der Waals surface area contributed by atoms with Gasteiger partial charge in [-0.05, 0) is 30.3 Å². The molecule has 114 valence electrons. The van der Waals surface area contributed by atoms with Gasteiger partial charge in [-0.3, -0.25) is 4.98 Å². The monoisotopic (exact) mass is 309 g/mol. The van der Waals surface area contributed by atoms with E-state index in [0.717, 1.165) is 34.1 Å². The van der Waals surface area contributed by atoms with Gasteiger partial charge in [-0.15, -0.1) is 0 Å². The minimum absolute atomic E-state index is 0.441. The molecule has 0 spiro atoms. The number of aromatic nitrogens is 3. The standard InChI is InChI=1S/C17H12F2N4/c1-23-15-6-7-20-9-12(15)11-3-5-16(22-17(11)23)21-10-2-4-13(18)14(19)8-10/h2-9H,1H3,(H,21,22)/i19-1. The lowest BCUT2D eigenvalue weighted by atomic mass is 10.2. The fourth-order valence-electron chi connectivity index (χ4n) is 2.71. The van der Waals surface area contributed by atoms with E-state index in [4.69, 9.17) is 0 Å². The highest BCUT2D eigenvalue weighted by molar-refractivity contribution is 6.06. The van der Waals surface area contributed by atoms with Gasteiger partial charge in [0.05, 0.1) is 5.52 Å². The van der Waals surface area contributed by atoms with Gasteiger partial charge in [0, 0.05) is 42.0 Å². The first-order chi connectivity index (χ1) is 11.1. The third kappa shape index (κ3) is 2.19. The second-order valence-corrected chi connectivity index (χ2v) is 5.27. The lowest BCUT2D eigenvalue weighted by Gasteiger charge is -2.06. The molecule has 0 unspecified atom stereocenters. The Balaban J connectivity index is 1.81. The number of fused-ring (bicyclic) bond motifs is 3. The van der Waals surface area contributed by atoms with Crippen molar-refractivity contribution < 1.29 is 8.78 Å². The molecule has 0 saturated heterocycles. The molecule has 4 nitrogen and oxygen atoms in total. The summed E-state index contributed by atoms with van der Waals surface area (Å²) in [7, 11) is 1.93. The van der Waals surface area contributed by atoms with Crippen LogP contribution >= 0.6 is 0 Å². The largest absolute Gasteiger partial charge is 0.340 e. The van der Waals surface area contributed by atoms with Crippen molar-refractivity contribution in [1.29, 1.82) is 0 Å². The minimum atomic E-state index is -0.897. The Bertz CT molecular complexity index is 1040. The number of rotatable bonds is 2. The molecule has 1 N–H and O–H groups in total. The Kier molecular flexibility index (Phi) is 2.97. The van der Waals surface area contributed by atoms with Crippen LogP contribution in [0.5, 0.6) is 0 Å². The van der Waals surface area contributed by atoms with E-state index in [9.17, 15) is 8.78 Å².